The Morgan fingerprint density at radius 3 is 2.88 bits per heavy atom. The molecule has 1 aromatic rings. The summed E-state index contributed by atoms with van der Waals surface area (Å²) in [6, 6.07) is 2.22. The summed E-state index contributed by atoms with van der Waals surface area (Å²) >= 11 is 0. The van der Waals surface area contributed by atoms with E-state index in [1.807, 2.05) is 19.9 Å². The van der Waals surface area contributed by atoms with E-state index in [4.69, 9.17) is 5.73 Å². The fourth-order valence-electron chi connectivity index (χ4n) is 2.39. The predicted molar refractivity (Wildman–Crippen MR) is 65.5 cm³/mol. The van der Waals surface area contributed by atoms with Gasteiger partial charge in [0.2, 0.25) is 5.91 Å². The zero-order valence-electron chi connectivity index (χ0n) is 10.4. The van der Waals surface area contributed by atoms with Crippen molar-refractivity contribution in [1.29, 1.82) is 0 Å². The number of carbonyl (C=O) groups excluding carboxylic acids is 1. The van der Waals surface area contributed by atoms with Gasteiger partial charge in [-0.3, -0.25) is 9.48 Å². The number of amides is 1. The van der Waals surface area contributed by atoms with E-state index in [1.165, 1.54) is 0 Å². The molecule has 0 spiro atoms. The van der Waals surface area contributed by atoms with E-state index in [0.717, 1.165) is 30.7 Å². The largest absolute Gasteiger partial charge is 0.350 e. The van der Waals surface area contributed by atoms with E-state index in [0.29, 0.717) is 0 Å². The van der Waals surface area contributed by atoms with Crippen molar-refractivity contribution < 1.29 is 4.79 Å². The van der Waals surface area contributed by atoms with Gasteiger partial charge in [-0.15, -0.1) is 0 Å². The third-order valence-electron chi connectivity index (χ3n) is 3.31. The quantitative estimate of drug-likeness (QED) is 0.802. The van der Waals surface area contributed by atoms with Crippen LogP contribution in [0.3, 0.4) is 0 Å². The van der Waals surface area contributed by atoms with Gasteiger partial charge < -0.3 is 11.1 Å². The van der Waals surface area contributed by atoms with Crippen LogP contribution in [-0.2, 0) is 11.3 Å². The van der Waals surface area contributed by atoms with E-state index in [-0.39, 0.29) is 24.5 Å². The highest BCUT2D eigenvalue weighted by atomic mass is 16.2. The Balaban J connectivity index is 1.91. The van der Waals surface area contributed by atoms with E-state index >= 15 is 0 Å². The van der Waals surface area contributed by atoms with Crippen molar-refractivity contribution in [2.24, 2.45) is 5.73 Å². The third-order valence-corrected chi connectivity index (χ3v) is 3.31. The van der Waals surface area contributed by atoms with Gasteiger partial charge in [-0.25, -0.2) is 0 Å². The van der Waals surface area contributed by atoms with Crippen LogP contribution in [0.15, 0.2) is 6.07 Å². The van der Waals surface area contributed by atoms with Crippen molar-refractivity contribution in [1.82, 2.24) is 15.1 Å². The molecular weight excluding hydrogens is 216 g/mol. The van der Waals surface area contributed by atoms with Gasteiger partial charge in [0.25, 0.3) is 0 Å². The van der Waals surface area contributed by atoms with E-state index in [1.54, 1.807) is 4.68 Å². The fraction of sp³-hybridized carbons (Fsp3) is 0.667. The molecule has 94 valence electrons. The van der Waals surface area contributed by atoms with Crippen LogP contribution in [0.2, 0.25) is 0 Å². The second-order valence-electron chi connectivity index (χ2n) is 4.85. The Labute approximate surface area is 101 Å². The van der Waals surface area contributed by atoms with Crippen molar-refractivity contribution in [3.05, 3.63) is 17.5 Å². The first-order valence-corrected chi connectivity index (χ1v) is 6.12. The van der Waals surface area contributed by atoms with Crippen LogP contribution in [0.5, 0.6) is 0 Å². The van der Waals surface area contributed by atoms with Gasteiger partial charge in [-0.2, -0.15) is 5.10 Å². The van der Waals surface area contributed by atoms with Gasteiger partial charge in [0.15, 0.2) is 0 Å². The van der Waals surface area contributed by atoms with Gasteiger partial charge in [0.1, 0.15) is 6.54 Å². The minimum atomic E-state index is -0.00134. The normalized spacial score (nSPS) is 23.9. The molecule has 5 heteroatoms. The van der Waals surface area contributed by atoms with Crippen molar-refractivity contribution in [3.8, 4) is 0 Å². The van der Waals surface area contributed by atoms with E-state index < -0.39 is 0 Å². The number of hydrogen-bond acceptors (Lipinski definition) is 3. The van der Waals surface area contributed by atoms with E-state index in [2.05, 4.69) is 10.4 Å². The molecule has 1 aromatic heterocycles. The summed E-state index contributed by atoms with van der Waals surface area (Å²) in [5.74, 6) is -0.00134. The van der Waals surface area contributed by atoms with Gasteiger partial charge in [0.05, 0.1) is 5.69 Å². The second kappa shape index (κ2) is 4.87. The molecule has 1 aliphatic rings. The summed E-state index contributed by atoms with van der Waals surface area (Å²) in [4.78, 5) is 11.8. The molecule has 2 unspecified atom stereocenters. The van der Waals surface area contributed by atoms with Crippen LogP contribution in [-0.4, -0.2) is 27.8 Å². The summed E-state index contributed by atoms with van der Waals surface area (Å²) in [5.41, 5.74) is 7.86. The highest BCUT2D eigenvalue weighted by molar-refractivity contribution is 5.76. The van der Waals surface area contributed by atoms with Gasteiger partial charge in [-0.05, 0) is 39.2 Å². The molecule has 0 radical (unpaired) electrons. The number of aryl methyl sites for hydroxylation is 2. The molecule has 2 rings (SSSR count). The topological polar surface area (TPSA) is 72.9 Å². The molecule has 1 fully saturated rings. The third kappa shape index (κ3) is 2.85. The lowest BCUT2D eigenvalue weighted by Gasteiger charge is -2.17. The first kappa shape index (κ1) is 12.1. The predicted octanol–water partition coefficient (Wildman–Crippen LogP) is 0.496. The minimum absolute atomic E-state index is 0.00134. The summed E-state index contributed by atoms with van der Waals surface area (Å²) in [7, 11) is 0. The number of hydrogen-bond donors (Lipinski definition) is 2. The average Bonchev–Trinajstić information content (AvgIpc) is 2.75. The second-order valence-corrected chi connectivity index (χ2v) is 4.85. The zero-order valence-corrected chi connectivity index (χ0v) is 10.4. The molecule has 2 atom stereocenters. The summed E-state index contributed by atoms with van der Waals surface area (Å²) < 4.78 is 1.73. The molecule has 1 saturated carbocycles. The smallest absolute Gasteiger partial charge is 0.242 e. The molecule has 3 N–H and O–H groups in total. The van der Waals surface area contributed by atoms with Crippen LogP contribution in [0.4, 0.5) is 0 Å². The average molecular weight is 236 g/mol. The Bertz CT molecular complexity index is 413. The lowest BCUT2D eigenvalue weighted by Crippen LogP contribution is -2.45. The van der Waals surface area contributed by atoms with Crippen LogP contribution >= 0.6 is 0 Å². The van der Waals surface area contributed by atoms with Crippen molar-refractivity contribution in [2.75, 3.05) is 0 Å². The van der Waals surface area contributed by atoms with Gasteiger partial charge in [0, 0.05) is 17.8 Å². The fourth-order valence-corrected chi connectivity index (χ4v) is 2.39. The standard InChI is InChI=1S/C12H20N4O/c1-8-6-9(2)16(15-8)7-12(17)14-11-5-3-4-10(11)13/h6,10-11H,3-5,7,13H2,1-2H3,(H,14,17). The Morgan fingerprint density at radius 1 is 1.59 bits per heavy atom. The van der Waals surface area contributed by atoms with Crippen LogP contribution in [0.25, 0.3) is 0 Å². The van der Waals surface area contributed by atoms with Crippen LogP contribution in [0, 0.1) is 13.8 Å². The van der Waals surface area contributed by atoms with E-state index in [9.17, 15) is 4.79 Å². The molecule has 1 amide bonds. The number of nitrogens with one attached hydrogen (secondary N) is 1. The maximum Gasteiger partial charge on any atom is 0.242 e. The maximum absolute atomic E-state index is 11.8. The van der Waals surface area contributed by atoms with Crippen molar-refractivity contribution in [2.45, 2.75) is 51.7 Å². The molecule has 17 heavy (non-hydrogen) atoms. The monoisotopic (exact) mass is 236 g/mol. The highest BCUT2D eigenvalue weighted by Gasteiger charge is 2.25. The number of aromatic nitrogens is 2. The lowest BCUT2D eigenvalue weighted by atomic mass is 10.2. The molecule has 1 aliphatic carbocycles. The highest BCUT2D eigenvalue weighted by Crippen LogP contribution is 2.16. The Hall–Kier alpha value is -1.36. The Morgan fingerprint density at radius 2 is 2.35 bits per heavy atom. The summed E-state index contributed by atoms with van der Waals surface area (Å²) in [6.07, 6.45) is 3.10. The van der Waals surface area contributed by atoms with Crippen molar-refractivity contribution in [3.63, 3.8) is 0 Å². The Kier molecular flexibility index (Phi) is 3.47. The van der Waals surface area contributed by atoms with Crippen molar-refractivity contribution >= 4 is 5.91 Å². The number of carbonyl (C=O) groups is 1. The molecule has 0 aromatic carbocycles. The molecule has 1 heterocycles. The SMILES string of the molecule is Cc1cc(C)n(CC(=O)NC2CCCC2N)n1. The van der Waals surface area contributed by atoms with Gasteiger partial charge >= 0.3 is 0 Å². The summed E-state index contributed by atoms with van der Waals surface area (Å²) in [5, 5.41) is 7.26. The minimum Gasteiger partial charge on any atom is -0.350 e. The first-order valence-electron chi connectivity index (χ1n) is 6.12. The number of rotatable bonds is 3. The van der Waals surface area contributed by atoms with Crippen LogP contribution < -0.4 is 11.1 Å². The molecule has 5 nitrogen and oxygen atoms in total. The number of nitrogens with zero attached hydrogens (tertiary/aromatic N) is 2. The van der Waals surface area contributed by atoms with Crippen LogP contribution in [0.1, 0.15) is 30.7 Å². The van der Waals surface area contributed by atoms with Gasteiger partial charge in [-0.1, -0.05) is 0 Å². The zero-order chi connectivity index (χ0) is 12.4. The molecule has 0 bridgehead atoms. The lowest BCUT2D eigenvalue weighted by molar-refractivity contribution is -0.122. The molecule has 0 aliphatic heterocycles. The first-order chi connectivity index (χ1) is 8.06. The molecule has 0 saturated heterocycles. The number of nitrogens with two attached hydrogens (primary N) is 1. The maximum atomic E-state index is 11.8. The summed E-state index contributed by atoms with van der Waals surface area (Å²) in [6.45, 7) is 4.16. The molecular formula is C12H20N4O.